The van der Waals surface area contributed by atoms with Crippen LogP contribution in [0.4, 0.5) is 0 Å². The van der Waals surface area contributed by atoms with Gasteiger partial charge in [-0.05, 0) is 59.7 Å². The van der Waals surface area contributed by atoms with E-state index in [4.69, 9.17) is 0 Å². The Bertz CT molecular complexity index is 816. The van der Waals surface area contributed by atoms with Crippen molar-refractivity contribution in [2.24, 2.45) is 0 Å². The third-order valence-electron chi connectivity index (χ3n) is 5.06. The smallest absolute Gasteiger partial charge is 0.744 e. The number of unbranched alkanes of at least 4 members (excludes halogenated alkanes) is 6. The van der Waals surface area contributed by atoms with E-state index in [1.165, 1.54) is 50.2 Å². The summed E-state index contributed by atoms with van der Waals surface area (Å²) in [6.07, 6.45) is 11.4. The summed E-state index contributed by atoms with van der Waals surface area (Å²) in [4.78, 5) is -0.122. The van der Waals surface area contributed by atoms with Crippen LogP contribution in [-0.4, -0.2) is 13.0 Å². The molecule has 0 aromatic heterocycles. The molecule has 0 aliphatic carbocycles. The van der Waals surface area contributed by atoms with Gasteiger partial charge in [0, 0.05) is 0 Å². The van der Waals surface area contributed by atoms with Gasteiger partial charge >= 0.3 is 29.6 Å². The first-order valence-corrected chi connectivity index (χ1v) is 11.4. The average Bonchev–Trinajstić information content (AvgIpc) is 2.62. The number of hydrogen-bond acceptors (Lipinski definition) is 3. The maximum Gasteiger partial charge on any atom is 1.00 e. The molecule has 5 heteroatoms. The van der Waals surface area contributed by atoms with Crippen molar-refractivity contribution in [3.8, 4) is 0 Å². The van der Waals surface area contributed by atoms with Crippen LogP contribution in [0.15, 0.2) is 35.2 Å². The molecule has 0 aliphatic rings. The van der Waals surface area contributed by atoms with Gasteiger partial charge in [-0.1, -0.05) is 70.6 Å². The summed E-state index contributed by atoms with van der Waals surface area (Å²) >= 11 is 0. The van der Waals surface area contributed by atoms with E-state index in [1.807, 2.05) is 6.07 Å². The number of aryl methyl sites for hydroxylation is 2. The van der Waals surface area contributed by atoms with Crippen LogP contribution in [0.3, 0.4) is 0 Å². The molecule has 2 rings (SSSR count). The molecular formula is C22H31NaO3S. The van der Waals surface area contributed by atoms with Crippen LogP contribution < -0.4 is 29.6 Å². The SMILES string of the molecule is CCCCCCc1ccc(CCCCCC)c2cc(S(=O)(=O)[O-])ccc12.[Na+]. The fourth-order valence-corrected chi connectivity index (χ4v) is 4.02. The Morgan fingerprint density at radius 1 is 0.741 bits per heavy atom. The first-order chi connectivity index (χ1) is 12.5. The van der Waals surface area contributed by atoms with Crippen molar-refractivity contribution in [2.45, 2.75) is 83.0 Å². The monoisotopic (exact) mass is 398 g/mol. The minimum atomic E-state index is -4.43. The van der Waals surface area contributed by atoms with Gasteiger partial charge in [-0.2, -0.15) is 0 Å². The van der Waals surface area contributed by atoms with E-state index in [1.54, 1.807) is 6.07 Å². The Kier molecular flexibility index (Phi) is 11.2. The van der Waals surface area contributed by atoms with Crippen molar-refractivity contribution >= 4 is 20.9 Å². The predicted molar refractivity (Wildman–Crippen MR) is 108 cm³/mol. The standard InChI is InChI=1S/C22H32O3S.Na/c1-3-5-7-9-11-18-13-14-19(12-10-8-6-4-2)22-17-20(26(23,24)25)15-16-21(18)22;/h13-17H,3-12H2,1-2H3,(H,23,24,25);/q;+1/p-1. The normalized spacial score (nSPS) is 11.5. The summed E-state index contributed by atoms with van der Waals surface area (Å²) in [6.45, 7) is 4.39. The van der Waals surface area contributed by atoms with Gasteiger partial charge in [0.25, 0.3) is 0 Å². The molecule has 2 aromatic rings. The van der Waals surface area contributed by atoms with Crippen LogP contribution in [0.5, 0.6) is 0 Å². The number of hydrogen-bond donors (Lipinski definition) is 0. The van der Waals surface area contributed by atoms with Crippen LogP contribution in [0.1, 0.15) is 76.3 Å². The van der Waals surface area contributed by atoms with Gasteiger partial charge in [0.15, 0.2) is 0 Å². The van der Waals surface area contributed by atoms with E-state index < -0.39 is 10.1 Å². The Balaban J connectivity index is 0.00000364. The van der Waals surface area contributed by atoms with Crippen molar-refractivity contribution in [1.29, 1.82) is 0 Å². The molecule has 0 bridgehead atoms. The molecule has 0 spiro atoms. The molecule has 0 radical (unpaired) electrons. The number of benzene rings is 2. The molecule has 0 amide bonds. The van der Waals surface area contributed by atoms with Gasteiger partial charge in [-0.25, -0.2) is 8.42 Å². The number of rotatable bonds is 11. The molecule has 0 aliphatic heterocycles. The van der Waals surface area contributed by atoms with Gasteiger partial charge in [0.2, 0.25) is 0 Å². The summed E-state index contributed by atoms with van der Waals surface area (Å²) in [5.74, 6) is 0. The first-order valence-electron chi connectivity index (χ1n) is 9.97. The molecular weight excluding hydrogens is 367 g/mol. The van der Waals surface area contributed by atoms with Gasteiger partial charge in [-0.3, -0.25) is 0 Å². The third kappa shape index (κ3) is 7.51. The van der Waals surface area contributed by atoms with E-state index in [9.17, 15) is 13.0 Å². The molecule has 0 saturated heterocycles. The van der Waals surface area contributed by atoms with Gasteiger partial charge in [-0.15, -0.1) is 0 Å². The van der Waals surface area contributed by atoms with E-state index >= 15 is 0 Å². The molecule has 2 aromatic carbocycles. The molecule has 27 heavy (non-hydrogen) atoms. The zero-order chi connectivity index (χ0) is 19.0. The zero-order valence-corrected chi connectivity index (χ0v) is 19.9. The predicted octanol–water partition coefficient (Wildman–Crippen LogP) is 2.99. The number of fused-ring (bicyclic) bond motifs is 1. The van der Waals surface area contributed by atoms with Crippen LogP contribution in [0.2, 0.25) is 0 Å². The minimum absolute atomic E-state index is 0. The maximum atomic E-state index is 11.5. The van der Waals surface area contributed by atoms with Crippen molar-refractivity contribution in [1.82, 2.24) is 0 Å². The van der Waals surface area contributed by atoms with Crippen molar-refractivity contribution in [3.05, 3.63) is 41.5 Å². The summed E-state index contributed by atoms with van der Waals surface area (Å²) in [5.41, 5.74) is 2.40. The van der Waals surface area contributed by atoms with Gasteiger partial charge in [0.05, 0.1) is 4.90 Å². The zero-order valence-electron chi connectivity index (χ0n) is 17.1. The Labute approximate surface area is 187 Å². The molecule has 0 fully saturated rings. The fraction of sp³-hybridized carbons (Fsp3) is 0.545. The van der Waals surface area contributed by atoms with Crippen molar-refractivity contribution < 1.29 is 42.5 Å². The van der Waals surface area contributed by atoms with Gasteiger partial charge in [0.1, 0.15) is 10.1 Å². The maximum absolute atomic E-state index is 11.5. The minimum Gasteiger partial charge on any atom is -0.744 e. The van der Waals surface area contributed by atoms with Gasteiger partial charge < -0.3 is 4.55 Å². The topological polar surface area (TPSA) is 57.2 Å². The molecule has 144 valence electrons. The fourth-order valence-electron chi connectivity index (χ4n) is 3.53. The molecule has 0 atom stereocenters. The van der Waals surface area contributed by atoms with Crippen LogP contribution >= 0.6 is 0 Å². The second-order valence-corrected chi connectivity index (χ2v) is 8.55. The Morgan fingerprint density at radius 2 is 1.26 bits per heavy atom. The van der Waals surface area contributed by atoms with E-state index in [0.29, 0.717) is 0 Å². The largest absolute Gasteiger partial charge is 1.00 e. The summed E-state index contributed by atoms with van der Waals surface area (Å²) in [7, 11) is -4.43. The Hall–Kier alpha value is -0.390. The van der Waals surface area contributed by atoms with Crippen LogP contribution in [0.25, 0.3) is 10.8 Å². The summed E-state index contributed by atoms with van der Waals surface area (Å²) in [5, 5.41) is 2.04. The van der Waals surface area contributed by atoms with Crippen LogP contribution in [-0.2, 0) is 23.0 Å². The quantitative estimate of drug-likeness (QED) is 0.332. The average molecular weight is 399 g/mol. The summed E-state index contributed by atoms with van der Waals surface area (Å²) in [6, 6.07) is 9.19. The molecule has 0 N–H and O–H groups in total. The van der Waals surface area contributed by atoms with E-state index in [-0.39, 0.29) is 34.5 Å². The van der Waals surface area contributed by atoms with Crippen molar-refractivity contribution in [3.63, 3.8) is 0 Å². The molecule has 3 nitrogen and oxygen atoms in total. The second kappa shape index (κ2) is 12.2. The van der Waals surface area contributed by atoms with E-state index in [0.717, 1.165) is 42.0 Å². The third-order valence-corrected chi connectivity index (χ3v) is 5.89. The first kappa shape index (κ1) is 24.6. The summed E-state index contributed by atoms with van der Waals surface area (Å²) < 4.78 is 34.4. The Morgan fingerprint density at radius 3 is 1.74 bits per heavy atom. The van der Waals surface area contributed by atoms with E-state index in [2.05, 4.69) is 26.0 Å². The van der Waals surface area contributed by atoms with Crippen molar-refractivity contribution in [2.75, 3.05) is 0 Å². The molecule has 0 saturated carbocycles. The van der Waals surface area contributed by atoms with Crippen LogP contribution in [0, 0.1) is 0 Å². The molecule has 0 unspecified atom stereocenters. The molecule has 0 heterocycles. The second-order valence-electron chi connectivity index (χ2n) is 7.17.